The Bertz CT molecular complexity index is 707. The molecule has 2 rings (SSSR count). The SMILES string of the molecule is Cc1c(C)c2c(c(C)c1O)CCC(C)(CCCC(C)CCCC(C)CCCC(C)C)[Se]2. The predicted octanol–water partition coefficient (Wildman–Crippen LogP) is 8.21. The van der Waals surface area contributed by atoms with E-state index in [2.05, 4.69) is 55.4 Å². The number of benzene rings is 1. The molecule has 0 spiro atoms. The fourth-order valence-electron chi connectivity index (χ4n) is 5.27. The first-order valence-electron chi connectivity index (χ1n) is 13.0. The van der Waals surface area contributed by atoms with Crippen LogP contribution in [0.1, 0.15) is 121 Å². The summed E-state index contributed by atoms with van der Waals surface area (Å²) in [4.78, 5) is 0. The summed E-state index contributed by atoms with van der Waals surface area (Å²) in [5.74, 6) is 3.18. The molecule has 0 aliphatic carbocycles. The van der Waals surface area contributed by atoms with Gasteiger partial charge in [-0.1, -0.05) is 13.8 Å². The number of phenolic OH excluding ortho intramolecular Hbond substituents is 1. The van der Waals surface area contributed by atoms with Gasteiger partial charge in [0.1, 0.15) is 0 Å². The van der Waals surface area contributed by atoms with Crippen molar-refractivity contribution in [1.29, 1.82) is 0 Å². The summed E-state index contributed by atoms with van der Waals surface area (Å²) in [6.45, 7) is 18.6. The molecule has 0 fully saturated rings. The maximum atomic E-state index is 10.5. The molecule has 1 aromatic rings. The topological polar surface area (TPSA) is 20.2 Å². The standard InChI is InChI=1S/C29H50OSe/c1-20(2)12-9-13-21(3)14-10-15-22(4)16-11-18-29(8)19-17-26-25(7)27(30)23(5)24(6)28(26)31-29/h20-22,30H,9-19H2,1-8H3. The third-order valence-electron chi connectivity index (χ3n) is 7.87. The van der Waals surface area contributed by atoms with E-state index in [1.807, 2.05) is 0 Å². The van der Waals surface area contributed by atoms with Crippen LogP contribution in [0.25, 0.3) is 0 Å². The monoisotopic (exact) mass is 494 g/mol. The third-order valence-corrected chi connectivity index (χ3v) is 11.3. The van der Waals surface area contributed by atoms with E-state index in [0.717, 1.165) is 35.3 Å². The Hall–Kier alpha value is -0.461. The van der Waals surface area contributed by atoms with Crippen LogP contribution in [-0.2, 0) is 6.42 Å². The number of hydrogen-bond acceptors (Lipinski definition) is 1. The van der Waals surface area contributed by atoms with Crippen molar-refractivity contribution >= 4 is 19.4 Å². The average Bonchev–Trinajstić information content (AvgIpc) is 2.70. The van der Waals surface area contributed by atoms with Crippen LogP contribution in [0.15, 0.2) is 0 Å². The molecule has 31 heavy (non-hydrogen) atoms. The van der Waals surface area contributed by atoms with Gasteiger partial charge in [0.15, 0.2) is 0 Å². The summed E-state index contributed by atoms with van der Waals surface area (Å²) < 4.78 is 2.10. The fourth-order valence-corrected chi connectivity index (χ4v) is 8.69. The van der Waals surface area contributed by atoms with Crippen LogP contribution in [0, 0.1) is 38.5 Å². The Morgan fingerprint density at radius 3 is 1.94 bits per heavy atom. The molecular weight excluding hydrogens is 443 g/mol. The molecule has 3 unspecified atom stereocenters. The van der Waals surface area contributed by atoms with Crippen molar-refractivity contribution in [2.75, 3.05) is 0 Å². The van der Waals surface area contributed by atoms with Crippen LogP contribution in [0.4, 0.5) is 0 Å². The molecule has 1 aromatic carbocycles. The second-order valence-corrected chi connectivity index (χ2v) is 14.8. The quantitative estimate of drug-likeness (QED) is 0.291. The molecule has 1 heterocycles. The molecule has 1 N–H and O–H groups in total. The molecular formula is C29H50OSe. The maximum absolute atomic E-state index is 10.5. The Labute approximate surface area is 200 Å². The predicted molar refractivity (Wildman–Crippen MR) is 139 cm³/mol. The zero-order chi connectivity index (χ0) is 23.2. The van der Waals surface area contributed by atoms with Gasteiger partial charge in [0.25, 0.3) is 0 Å². The van der Waals surface area contributed by atoms with Crippen LogP contribution >= 0.6 is 0 Å². The van der Waals surface area contributed by atoms with Crippen LogP contribution in [0.2, 0.25) is 4.31 Å². The molecule has 0 radical (unpaired) electrons. The first kappa shape index (κ1) is 26.8. The van der Waals surface area contributed by atoms with E-state index in [0.29, 0.717) is 25.0 Å². The number of phenols is 1. The number of rotatable bonds is 12. The Morgan fingerprint density at radius 2 is 1.35 bits per heavy atom. The zero-order valence-corrected chi connectivity index (χ0v) is 23.6. The molecule has 0 bridgehead atoms. The van der Waals surface area contributed by atoms with Crippen molar-refractivity contribution in [3.8, 4) is 5.75 Å². The van der Waals surface area contributed by atoms with E-state index in [-0.39, 0.29) is 0 Å². The van der Waals surface area contributed by atoms with E-state index < -0.39 is 0 Å². The first-order chi connectivity index (χ1) is 14.5. The number of aromatic hydroxyl groups is 1. The van der Waals surface area contributed by atoms with Crippen molar-refractivity contribution in [3.05, 3.63) is 22.3 Å². The Balaban J connectivity index is 1.74. The van der Waals surface area contributed by atoms with Gasteiger partial charge in [-0.2, -0.15) is 0 Å². The van der Waals surface area contributed by atoms with E-state index in [1.165, 1.54) is 75.3 Å². The summed E-state index contributed by atoms with van der Waals surface area (Å²) in [5.41, 5.74) is 5.08. The molecule has 1 aliphatic rings. The van der Waals surface area contributed by atoms with Crippen molar-refractivity contribution in [2.24, 2.45) is 17.8 Å². The van der Waals surface area contributed by atoms with Crippen molar-refractivity contribution in [3.63, 3.8) is 0 Å². The van der Waals surface area contributed by atoms with Crippen LogP contribution < -0.4 is 4.46 Å². The van der Waals surface area contributed by atoms with Gasteiger partial charge >= 0.3 is 181 Å². The van der Waals surface area contributed by atoms with E-state index in [4.69, 9.17) is 0 Å². The van der Waals surface area contributed by atoms with Gasteiger partial charge in [0.05, 0.1) is 0 Å². The molecule has 0 aromatic heterocycles. The van der Waals surface area contributed by atoms with E-state index in [1.54, 1.807) is 4.46 Å². The molecule has 3 atom stereocenters. The molecule has 1 aliphatic heterocycles. The van der Waals surface area contributed by atoms with Gasteiger partial charge in [-0.05, 0) is 5.92 Å². The number of hydrogen-bond donors (Lipinski definition) is 1. The minimum absolute atomic E-state index is 0.491. The van der Waals surface area contributed by atoms with Crippen molar-refractivity contribution in [1.82, 2.24) is 0 Å². The molecule has 0 saturated heterocycles. The van der Waals surface area contributed by atoms with Gasteiger partial charge in [-0.15, -0.1) is 0 Å². The second kappa shape index (κ2) is 12.1. The van der Waals surface area contributed by atoms with Gasteiger partial charge in [-0.25, -0.2) is 0 Å². The van der Waals surface area contributed by atoms with Gasteiger partial charge in [-0.3, -0.25) is 0 Å². The minimum atomic E-state index is 0.491. The summed E-state index contributed by atoms with van der Waals surface area (Å²) in [6.07, 6.45) is 15.1. The summed E-state index contributed by atoms with van der Waals surface area (Å²) in [5, 5.41) is 10.5. The second-order valence-electron chi connectivity index (χ2n) is 11.4. The van der Waals surface area contributed by atoms with Crippen molar-refractivity contribution in [2.45, 2.75) is 130 Å². The van der Waals surface area contributed by atoms with E-state index in [9.17, 15) is 5.11 Å². The average molecular weight is 494 g/mol. The van der Waals surface area contributed by atoms with Gasteiger partial charge in [0.2, 0.25) is 0 Å². The Kier molecular flexibility index (Phi) is 10.5. The third kappa shape index (κ3) is 7.82. The molecule has 2 heteroatoms. The molecule has 1 nitrogen and oxygen atoms in total. The number of fused-ring (bicyclic) bond motifs is 1. The van der Waals surface area contributed by atoms with Crippen LogP contribution in [0.5, 0.6) is 5.75 Å². The summed E-state index contributed by atoms with van der Waals surface area (Å²) >= 11 is 0.516. The van der Waals surface area contributed by atoms with Crippen LogP contribution in [0.3, 0.4) is 0 Å². The first-order valence-corrected chi connectivity index (χ1v) is 14.8. The van der Waals surface area contributed by atoms with E-state index >= 15 is 0 Å². The zero-order valence-electron chi connectivity index (χ0n) is 21.9. The summed E-state index contributed by atoms with van der Waals surface area (Å²) in [6, 6.07) is 0. The van der Waals surface area contributed by atoms with Gasteiger partial charge < -0.3 is 0 Å². The molecule has 178 valence electrons. The molecule has 0 saturated carbocycles. The van der Waals surface area contributed by atoms with Crippen LogP contribution in [-0.4, -0.2) is 20.1 Å². The fraction of sp³-hybridized carbons (Fsp3) is 0.793. The summed E-state index contributed by atoms with van der Waals surface area (Å²) in [7, 11) is 0. The van der Waals surface area contributed by atoms with Gasteiger partial charge in [0, 0.05) is 0 Å². The Morgan fingerprint density at radius 1 is 0.806 bits per heavy atom. The molecule has 0 amide bonds. The van der Waals surface area contributed by atoms with Crippen molar-refractivity contribution < 1.29 is 5.11 Å². The normalized spacial score (nSPS) is 20.7.